The Balaban J connectivity index is 2.15. The molecule has 1 saturated heterocycles. The average molecular weight is 126 g/mol. The van der Waals surface area contributed by atoms with E-state index in [1.54, 1.807) is 0 Å². The molecular weight excluding hydrogens is 112 g/mol. The van der Waals surface area contributed by atoms with E-state index in [4.69, 9.17) is 0 Å². The Morgan fingerprint density at radius 1 is 1.56 bits per heavy atom. The molecule has 2 N–H and O–H groups in total. The van der Waals surface area contributed by atoms with E-state index < -0.39 is 0 Å². The number of piperazine rings is 1. The van der Waals surface area contributed by atoms with Crippen LogP contribution in [0.2, 0.25) is 0 Å². The van der Waals surface area contributed by atoms with Crippen LogP contribution < -0.4 is 10.6 Å². The summed E-state index contributed by atoms with van der Waals surface area (Å²) in [6, 6.07) is 0.622. The van der Waals surface area contributed by atoms with Gasteiger partial charge in [-0.3, -0.25) is 0 Å². The lowest BCUT2D eigenvalue weighted by molar-refractivity contribution is 0.421. The number of rotatable bonds is 2. The third kappa shape index (κ3) is 2.16. The Morgan fingerprint density at radius 2 is 2.44 bits per heavy atom. The fourth-order valence-electron chi connectivity index (χ4n) is 1.08. The molecule has 0 radical (unpaired) electrons. The first-order valence-corrected chi connectivity index (χ1v) is 3.48. The van der Waals surface area contributed by atoms with E-state index in [2.05, 4.69) is 17.2 Å². The molecule has 0 aromatic rings. The van der Waals surface area contributed by atoms with Crippen LogP contribution in [-0.4, -0.2) is 25.7 Å². The molecule has 0 aromatic carbocycles. The van der Waals surface area contributed by atoms with Crippen molar-refractivity contribution >= 4 is 0 Å². The van der Waals surface area contributed by atoms with Crippen LogP contribution in [0.15, 0.2) is 12.7 Å². The van der Waals surface area contributed by atoms with E-state index in [9.17, 15) is 0 Å². The van der Waals surface area contributed by atoms with Crippen LogP contribution in [0.5, 0.6) is 0 Å². The van der Waals surface area contributed by atoms with Crippen molar-refractivity contribution in [2.45, 2.75) is 12.5 Å². The van der Waals surface area contributed by atoms with Crippen molar-refractivity contribution in [3.05, 3.63) is 12.7 Å². The highest BCUT2D eigenvalue weighted by Gasteiger charge is 2.08. The molecular formula is C7H14N2. The minimum absolute atomic E-state index is 0.622. The molecule has 2 heteroatoms. The highest BCUT2D eigenvalue weighted by atomic mass is 15.0. The van der Waals surface area contributed by atoms with Crippen molar-refractivity contribution in [1.29, 1.82) is 0 Å². The molecule has 0 unspecified atom stereocenters. The molecule has 9 heavy (non-hydrogen) atoms. The van der Waals surface area contributed by atoms with Gasteiger partial charge in [-0.25, -0.2) is 0 Å². The molecule has 1 atom stereocenters. The van der Waals surface area contributed by atoms with Crippen molar-refractivity contribution in [3.63, 3.8) is 0 Å². The van der Waals surface area contributed by atoms with Crippen LogP contribution >= 0.6 is 0 Å². The zero-order valence-electron chi connectivity index (χ0n) is 5.69. The summed E-state index contributed by atoms with van der Waals surface area (Å²) in [5, 5.41) is 6.70. The topological polar surface area (TPSA) is 24.1 Å². The second-order valence-electron chi connectivity index (χ2n) is 2.38. The van der Waals surface area contributed by atoms with Crippen LogP contribution in [0, 0.1) is 0 Å². The standard InChI is InChI=1S/C7H14N2/c1-2-3-7-6-8-4-5-9-7/h2,7-9H,1,3-6H2/t7-/m1/s1. The van der Waals surface area contributed by atoms with Crippen LogP contribution in [0.25, 0.3) is 0 Å². The molecule has 1 aliphatic heterocycles. The normalized spacial score (nSPS) is 27.8. The van der Waals surface area contributed by atoms with Gasteiger partial charge in [0.05, 0.1) is 0 Å². The van der Waals surface area contributed by atoms with Crippen molar-refractivity contribution in [1.82, 2.24) is 10.6 Å². The Labute approximate surface area is 56.3 Å². The fourth-order valence-corrected chi connectivity index (χ4v) is 1.08. The third-order valence-corrected chi connectivity index (χ3v) is 1.58. The molecule has 0 saturated carbocycles. The minimum atomic E-state index is 0.622. The van der Waals surface area contributed by atoms with Crippen LogP contribution in [0.3, 0.4) is 0 Å². The van der Waals surface area contributed by atoms with Crippen molar-refractivity contribution in [3.8, 4) is 0 Å². The SMILES string of the molecule is C=CC[C@@H]1CNCCN1. The highest BCUT2D eigenvalue weighted by molar-refractivity contribution is 4.82. The van der Waals surface area contributed by atoms with Gasteiger partial charge in [-0.1, -0.05) is 6.08 Å². The van der Waals surface area contributed by atoms with E-state index in [0.717, 1.165) is 26.1 Å². The van der Waals surface area contributed by atoms with Crippen molar-refractivity contribution in [2.24, 2.45) is 0 Å². The van der Waals surface area contributed by atoms with Gasteiger partial charge in [0.15, 0.2) is 0 Å². The monoisotopic (exact) mass is 126 g/mol. The predicted molar refractivity (Wildman–Crippen MR) is 39.5 cm³/mol. The lowest BCUT2D eigenvalue weighted by Crippen LogP contribution is -2.47. The molecule has 1 aliphatic rings. The Bertz CT molecular complexity index is 84.9. The average Bonchev–Trinajstić information content (AvgIpc) is 1.91. The zero-order valence-corrected chi connectivity index (χ0v) is 5.69. The molecule has 1 fully saturated rings. The molecule has 0 aliphatic carbocycles. The second-order valence-corrected chi connectivity index (χ2v) is 2.38. The van der Waals surface area contributed by atoms with E-state index in [1.165, 1.54) is 0 Å². The Hall–Kier alpha value is -0.340. The number of nitrogens with one attached hydrogen (secondary N) is 2. The largest absolute Gasteiger partial charge is 0.314 e. The second kappa shape index (κ2) is 3.64. The molecule has 0 bridgehead atoms. The molecule has 1 heterocycles. The molecule has 0 amide bonds. The van der Waals surface area contributed by atoms with Crippen LogP contribution in [-0.2, 0) is 0 Å². The maximum atomic E-state index is 3.69. The Kier molecular flexibility index (Phi) is 2.74. The van der Waals surface area contributed by atoms with Crippen molar-refractivity contribution < 1.29 is 0 Å². The maximum absolute atomic E-state index is 3.69. The first kappa shape index (κ1) is 6.78. The molecule has 0 aromatic heterocycles. The maximum Gasteiger partial charge on any atom is 0.0227 e. The summed E-state index contributed by atoms with van der Waals surface area (Å²) in [6.45, 7) is 6.98. The van der Waals surface area contributed by atoms with E-state index in [1.807, 2.05) is 6.08 Å². The van der Waals surface area contributed by atoms with Gasteiger partial charge in [0, 0.05) is 25.7 Å². The molecule has 52 valence electrons. The van der Waals surface area contributed by atoms with E-state index in [-0.39, 0.29) is 0 Å². The van der Waals surface area contributed by atoms with Gasteiger partial charge in [0.2, 0.25) is 0 Å². The lowest BCUT2D eigenvalue weighted by Gasteiger charge is -2.22. The summed E-state index contributed by atoms with van der Waals surface area (Å²) in [7, 11) is 0. The van der Waals surface area contributed by atoms with Gasteiger partial charge in [-0.15, -0.1) is 6.58 Å². The first-order chi connectivity index (χ1) is 4.43. The summed E-state index contributed by atoms with van der Waals surface area (Å²) in [5.41, 5.74) is 0. The van der Waals surface area contributed by atoms with E-state index >= 15 is 0 Å². The summed E-state index contributed by atoms with van der Waals surface area (Å²) in [6.07, 6.45) is 3.04. The lowest BCUT2D eigenvalue weighted by atomic mass is 10.2. The summed E-state index contributed by atoms with van der Waals surface area (Å²) in [5.74, 6) is 0. The van der Waals surface area contributed by atoms with Crippen molar-refractivity contribution in [2.75, 3.05) is 19.6 Å². The molecule has 1 rings (SSSR count). The smallest absolute Gasteiger partial charge is 0.0227 e. The number of hydrogen-bond acceptors (Lipinski definition) is 2. The van der Waals surface area contributed by atoms with Crippen LogP contribution in [0.4, 0.5) is 0 Å². The van der Waals surface area contributed by atoms with Gasteiger partial charge in [0.25, 0.3) is 0 Å². The molecule has 0 spiro atoms. The summed E-state index contributed by atoms with van der Waals surface area (Å²) >= 11 is 0. The highest BCUT2D eigenvalue weighted by Crippen LogP contribution is 1.92. The Morgan fingerprint density at radius 3 is 3.00 bits per heavy atom. The van der Waals surface area contributed by atoms with Gasteiger partial charge < -0.3 is 10.6 Å². The van der Waals surface area contributed by atoms with Crippen LogP contribution in [0.1, 0.15) is 6.42 Å². The number of hydrogen-bond donors (Lipinski definition) is 2. The summed E-state index contributed by atoms with van der Waals surface area (Å²) < 4.78 is 0. The summed E-state index contributed by atoms with van der Waals surface area (Å²) in [4.78, 5) is 0. The van der Waals surface area contributed by atoms with Gasteiger partial charge >= 0.3 is 0 Å². The first-order valence-electron chi connectivity index (χ1n) is 3.48. The predicted octanol–water partition coefficient (Wildman–Crippen LogP) is 0.124. The molecule has 2 nitrogen and oxygen atoms in total. The van der Waals surface area contributed by atoms with Gasteiger partial charge in [-0.05, 0) is 6.42 Å². The van der Waals surface area contributed by atoms with Gasteiger partial charge in [-0.2, -0.15) is 0 Å². The quantitative estimate of drug-likeness (QED) is 0.514. The van der Waals surface area contributed by atoms with Gasteiger partial charge in [0.1, 0.15) is 0 Å². The zero-order chi connectivity index (χ0) is 6.53. The minimum Gasteiger partial charge on any atom is -0.314 e. The third-order valence-electron chi connectivity index (χ3n) is 1.58. The fraction of sp³-hybridized carbons (Fsp3) is 0.714. The van der Waals surface area contributed by atoms with E-state index in [0.29, 0.717) is 6.04 Å².